The summed E-state index contributed by atoms with van der Waals surface area (Å²) < 4.78 is 0. The van der Waals surface area contributed by atoms with Crippen LogP contribution in [0.5, 0.6) is 0 Å². The zero-order valence-electron chi connectivity index (χ0n) is 12.0. The van der Waals surface area contributed by atoms with Crippen LogP contribution < -0.4 is 10.6 Å². The maximum absolute atomic E-state index is 11.8. The topological polar surface area (TPSA) is 98.7 Å². The summed E-state index contributed by atoms with van der Waals surface area (Å²) in [5, 5.41) is 14.2. The maximum atomic E-state index is 11.8. The molecule has 3 N–H and O–H groups in total. The minimum Gasteiger partial charge on any atom is -0.481 e. The predicted molar refractivity (Wildman–Crippen MR) is 73.2 cm³/mol. The predicted octanol–water partition coefficient (Wildman–Crippen LogP) is 0.407. The average molecular weight is 285 g/mol. The molecule has 1 aliphatic rings. The van der Waals surface area contributed by atoms with E-state index in [0.29, 0.717) is 13.0 Å². The Balaban J connectivity index is 2.25. The molecule has 20 heavy (non-hydrogen) atoms. The fraction of sp³-hybridized carbons (Fsp3) is 0.769. The summed E-state index contributed by atoms with van der Waals surface area (Å²) in [7, 11) is 1.54. The van der Waals surface area contributed by atoms with E-state index < -0.39 is 5.97 Å². The van der Waals surface area contributed by atoms with E-state index in [4.69, 9.17) is 5.11 Å². The van der Waals surface area contributed by atoms with Crippen LogP contribution in [0.15, 0.2) is 0 Å². The van der Waals surface area contributed by atoms with Crippen molar-refractivity contribution in [3.8, 4) is 0 Å². The van der Waals surface area contributed by atoms with Gasteiger partial charge in [0.25, 0.3) is 0 Å². The lowest BCUT2D eigenvalue weighted by molar-refractivity contribution is -0.138. The van der Waals surface area contributed by atoms with Crippen LogP contribution in [-0.4, -0.2) is 54.1 Å². The molecule has 0 aromatic carbocycles. The smallest absolute Gasteiger partial charge is 0.317 e. The summed E-state index contributed by atoms with van der Waals surface area (Å²) in [5.74, 6) is -1.13. The molecule has 0 saturated heterocycles. The van der Waals surface area contributed by atoms with Gasteiger partial charge in [-0.2, -0.15) is 0 Å². The molecule has 7 heteroatoms. The van der Waals surface area contributed by atoms with Gasteiger partial charge in [0, 0.05) is 26.1 Å². The number of urea groups is 1. The third-order valence-electron chi connectivity index (χ3n) is 3.25. The minimum atomic E-state index is -0.872. The van der Waals surface area contributed by atoms with Crippen LogP contribution in [-0.2, 0) is 9.59 Å². The highest BCUT2D eigenvalue weighted by molar-refractivity contribution is 5.84. The van der Waals surface area contributed by atoms with Crippen LogP contribution in [0.3, 0.4) is 0 Å². The Kier molecular flexibility index (Phi) is 6.27. The van der Waals surface area contributed by atoms with Crippen molar-refractivity contribution >= 4 is 17.9 Å². The van der Waals surface area contributed by atoms with Crippen molar-refractivity contribution in [3.63, 3.8) is 0 Å². The lowest BCUT2D eigenvalue weighted by Crippen LogP contribution is -2.45. The molecule has 0 radical (unpaired) electrons. The summed E-state index contributed by atoms with van der Waals surface area (Å²) in [6, 6.07) is -0.0845. The van der Waals surface area contributed by atoms with Gasteiger partial charge >= 0.3 is 12.0 Å². The highest BCUT2D eigenvalue weighted by atomic mass is 16.4. The summed E-state index contributed by atoms with van der Waals surface area (Å²) in [4.78, 5) is 35.2. The molecule has 1 atom stereocenters. The fourth-order valence-electron chi connectivity index (χ4n) is 1.76. The monoisotopic (exact) mass is 285 g/mol. The second-order valence-electron chi connectivity index (χ2n) is 5.26. The Morgan fingerprint density at radius 3 is 2.50 bits per heavy atom. The highest BCUT2D eigenvalue weighted by Crippen LogP contribution is 2.18. The van der Waals surface area contributed by atoms with Gasteiger partial charge in [0.1, 0.15) is 6.54 Å². The van der Waals surface area contributed by atoms with Crippen LogP contribution >= 0.6 is 0 Å². The van der Waals surface area contributed by atoms with Crippen molar-refractivity contribution in [1.29, 1.82) is 0 Å². The normalized spacial score (nSPS) is 15.3. The van der Waals surface area contributed by atoms with E-state index in [1.54, 1.807) is 7.05 Å². The number of carbonyl (C=O) groups excluding carboxylic acids is 2. The van der Waals surface area contributed by atoms with Gasteiger partial charge in [-0.3, -0.25) is 9.59 Å². The lowest BCUT2D eigenvalue weighted by atomic mass is 10.0. The SMILES string of the molecule is CCC(CNC(=O)N(C)CC(=O)NC1CC1)CC(=O)O. The first kappa shape index (κ1) is 16.3. The fourth-order valence-corrected chi connectivity index (χ4v) is 1.76. The van der Waals surface area contributed by atoms with Gasteiger partial charge in [0.05, 0.1) is 0 Å². The van der Waals surface area contributed by atoms with Crippen molar-refractivity contribution in [2.24, 2.45) is 5.92 Å². The molecule has 0 aliphatic heterocycles. The molecule has 1 rings (SSSR count). The van der Waals surface area contributed by atoms with Crippen molar-refractivity contribution in [2.75, 3.05) is 20.1 Å². The molecule has 0 bridgehead atoms. The number of carboxylic acids is 1. The number of rotatable bonds is 8. The number of carboxylic acid groups (broad SMARTS) is 1. The number of aliphatic carboxylic acids is 1. The minimum absolute atomic E-state index is 0.0120. The number of hydrogen-bond donors (Lipinski definition) is 3. The first-order valence-electron chi connectivity index (χ1n) is 6.92. The summed E-state index contributed by atoms with van der Waals surface area (Å²) >= 11 is 0. The van der Waals surface area contributed by atoms with Crippen LogP contribution in [0.1, 0.15) is 32.6 Å². The largest absolute Gasteiger partial charge is 0.481 e. The second-order valence-corrected chi connectivity index (χ2v) is 5.26. The van der Waals surface area contributed by atoms with Gasteiger partial charge in [-0.1, -0.05) is 13.3 Å². The molecule has 0 spiro atoms. The number of nitrogens with one attached hydrogen (secondary N) is 2. The standard InChI is InChI=1S/C13H23N3O4/c1-3-9(6-12(18)19)7-14-13(20)16(2)8-11(17)15-10-4-5-10/h9-10H,3-8H2,1-2H3,(H,14,20)(H,15,17)(H,18,19). The number of nitrogens with zero attached hydrogens (tertiary/aromatic N) is 1. The third-order valence-corrected chi connectivity index (χ3v) is 3.25. The van der Waals surface area contributed by atoms with E-state index in [2.05, 4.69) is 10.6 Å². The molecule has 3 amide bonds. The quantitative estimate of drug-likeness (QED) is 0.601. The lowest BCUT2D eigenvalue weighted by Gasteiger charge is -2.19. The molecule has 0 heterocycles. The molecule has 0 aromatic rings. The van der Waals surface area contributed by atoms with Gasteiger partial charge in [-0.05, 0) is 18.8 Å². The zero-order valence-corrected chi connectivity index (χ0v) is 12.0. The van der Waals surface area contributed by atoms with Crippen molar-refractivity contribution < 1.29 is 19.5 Å². The Morgan fingerprint density at radius 1 is 1.35 bits per heavy atom. The number of carbonyl (C=O) groups is 3. The van der Waals surface area contributed by atoms with Crippen molar-refractivity contribution in [1.82, 2.24) is 15.5 Å². The Bertz CT molecular complexity index is 369. The molecule has 1 aliphatic carbocycles. The molecule has 1 fully saturated rings. The van der Waals surface area contributed by atoms with Crippen molar-refractivity contribution in [2.45, 2.75) is 38.6 Å². The second kappa shape index (κ2) is 7.72. The van der Waals surface area contributed by atoms with Crippen LogP contribution in [0, 0.1) is 5.92 Å². The van der Waals surface area contributed by atoms with Gasteiger partial charge in [-0.15, -0.1) is 0 Å². The Labute approximate surface area is 118 Å². The van der Waals surface area contributed by atoms with Gasteiger partial charge in [0.2, 0.25) is 5.91 Å². The summed E-state index contributed by atoms with van der Waals surface area (Å²) in [6.45, 7) is 2.20. The van der Waals surface area contributed by atoms with E-state index in [1.807, 2.05) is 6.92 Å². The van der Waals surface area contributed by atoms with Gasteiger partial charge in [-0.25, -0.2) is 4.79 Å². The summed E-state index contributed by atoms with van der Waals surface area (Å²) in [5.41, 5.74) is 0. The van der Waals surface area contributed by atoms with Crippen LogP contribution in [0.25, 0.3) is 0 Å². The molecule has 0 aromatic heterocycles. The van der Waals surface area contributed by atoms with E-state index >= 15 is 0 Å². The molecule has 1 saturated carbocycles. The highest BCUT2D eigenvalue weighted by Gasteiger charge is 2.24. The van der Waals surface area contributed by atoms with Crippen LogP contribution in [0.2, 0.25) is 0 Å². The van der Waals surface area contributed by atoms with Gasteiger partial charge < -0.3 is 20.6 Å². The van der Waals surface area contributed by atoms with E-state index in [-0.39, 0.29) is 36.9 Å². The number of hydrogen-bond acceptors (Lipinski definition) is 3. The van der Waals surface area contributed by atoms with Crippen molar-refractivity contribution in [3.05, 3.63) is 0 Å². The first-order valence-corrected chi connectivity index (χ1v) is 6.92. The third kappa shape index (κ3) is 6.40. The van der Waals surface area contributed by atoms with Crippen LogP contribution in [0.4, 0.5) is 4.79 Å². The Hall–Kier alpha value is -1.79. The number of amides is 3. The molecular formula is C13H23N3O4. The van der Waals surface area contributed by atoms with E-state index in [1.165, 1.54) is 4.90 Å². The molecular weight excluding hydrogens is 262 g/mol. The molecule has 7 nitrogen and oxygen atoms in total. The molecule has 1 unspecified atom stereocenters. The maximum Gasteiger partial charge on any atom is 0.317 e. The Morgan fingerprint density at radius 2 is 2.00 bits per heavy atom. The summed E-state index contributed by atoms with van der Waals surface area (Å²) in [6.07, 6.45) is 2.73. The first-order chi connectivity index (χ1) is 9.42. The average Bonchev–Trinajstić information content (AvgIpc) is 3.16. The van der Waals surface area contributed by atoms with E-state index in [9.17, 15) is 14.4 Å². The zero-order chi connectivity index (χ0) is 15.1. The van der Waals surface area contributed by atoms with E-state index in [0.717, 1.165) is 12.8 Å². The number of likely N-dealkylation sites (N-methyl/N-ethyl adjacent to an activating group) is 1. The molecule has 114 valence electrons. The van der Waals surface area contributed by atoms with Gasteiger partial charge in [0.15, 0.2) is 0 Å².